The van der Waals surface area contributed by atoms with Crippen molar-refractivity contribution < 1.29 is 29.7 Å². The minimum Gasteiger partial charge on any atom is -0.480 e. The SMILES string of the molecule is O=C(CO)N[C@@H](C(=O)N[C@@H](CO)C(=O)O)c1ccccc1. The molecule has 0 aromatic heterocycles. The molecule has 0 unspecified atom stereocenters. The lowest BCUT2D eigenvalue weighted by atomic mass is 10.1. The van der Waals surface area contributed by atoms with Gasteiger partial charge in [-0.15, -0.1) is 0 Å². The molecule has 2 atom stereocenters. The fourth-order valence-corrected chi connectivity index (χ4v) is 1.59. The van der Waals surface area contributed by atoms with E-state index in [9.17, 15) is 14.4 Å². The van der Waals surface area contributed by atoms with Crippen LogP contribution in [0, 0.1) is 0 Å². The molecule has 0 spiro atoms. The third-order valence-corrected chi connectivity index (χ3v) is 2.64. The second-order valence-electron chi connectivity index (χ2n) is 4.15. The van der Waals surface area contributed by atoms with Crippen LogP contribution in [-0.2, 0) is 14.4 Å². The van der Waals surface area contributed by atoms with Crippen molar-refractivity contribution in [3.05, 3.63) is 35.9 Å². The highest BCUT2D eigenvalue weighted by molar-refractivity contribution is 5.91. The van der Waals surface area contributed by atoms with Crippen LogP contribution in [0.2, 0.25) is 0 Å². The zero-order chi connectivity index (χ0) is 15.8. The predicted molar refractivity (Wildman–Crippen MR) is 71.1 cm³/mol. The maximum Gasteiger partial charge on any atom is 0.328 e. The normalized spacial score (nSPS) is 13.0. The number of hydrogen-bond donors (Lipinski definition) is 5. The first-order valence-electron chi connectivity index (χ1n) is 6.08. The Hall–Kier alpha value is -2.45. The Morgan fingerprint density at radius 2 is 1.67 bits per heavy atom. The monoisotopic (exact) mass is 296 g/mol. The van der Waals surface area contributed by atoms with E-state index >= 15 is 0 Å². The van der Waals surface area contributed by atoms with Crippen LogP contribution in [-0.4, -0.2) is 52.4 Å². The van der Waals surface area contributed by atoms with Gasteiger partial charge in [0.05, 0.1) is 6.61 Å². The highest BCUT2D eigenvalue weighted by atomic mass is 16.4. The van der Waals surface area contributed by atoms with Crippen molar-refractivity contribution in [1.82, 2.24) is 10.6 Å². The summed E-state index contributed by atoms with van der Waals surface area (Å²) in [6, 6.07) is 5.48. The number of aliphatic carboxylic acids is 1. The first-order chi connectivity index (χ1) is 9.99. The summed E-state index contributed by atoms with van der Waals surface area (Å²) in [6.07, 6.45) is 0. The molecule has 0 aliphatic carbocycles. The lowest BCUT2D eigenvalue weighted by Gasteiger charge is -2.20. The van der Waals surface area contributed by atoms with Crippen molar-refractivity contribution in [3.8, 4) is 0 Å². The summed E-state index contributed by atoms with van der Waals surface area (Å²) < 4.78 is 0. The lowest BCUT2D eigenvalue weighted by molar-refractivity contribution is -0.143. The van der Waals surface area contributed by atoms with Crippen LogP contribution >= 0.6 is 0 Å². The number of carbonyl (C=O) groups excluding carboxylic acids is 2. The Morgan fingerprint density at radius 1 is 1.05 bits per heavy atom. The zero-order valence-electron chi connectivity index (χ0n) is 11.0. The van der Waals surface area contributed by atoms with Gasteiger partial charge in [-0.05, 0) is 5.56 Å². The summed E-state index contributed by atoms with van der Waals surface area (Å²) in [7, 11) is 0. The zero-order valence-corrected chi connectivity index (χ0v) is 11.0. The maximum absolute atomic E-state index is 12.1. The largest absolute Gasteiger partial charge is 0.480 e. The first kappa shape index (κ1) is 16.6. The quantitative estimate of drug-likeness (QED) is 0.411. The number of carbonyl (C=O) groups is 3. The van der Waals surface area contributed by atoms with E-state index in [0.717, 1.165) is 0 Å². The van der Waals surface area contributed by atoms with Gasteiger partial charge >= 0.3 is 5.97 Å². The molecule has 0 bridgehead atoms. The predicted octanol–water partition coefficient (Wildman–Crippen LogP) is -1.60. The molecule has 2 amide bonds. The maximum atomic E-state index is 12.1. The van der Waals surface area contributed by atoms with Crippen molar-refractivity contribution in [3.63, 3.8) is 0 Å². The Balaban J connectivity index is 2.93. The van der Waals surface area contributed by atoms with Crippen LogP contribution in [0.3, 0.4) is 0 Å². The third-order valence-electron chi connectivity index (χ3n) is 2.64. The number of hydrogen-bond acceptors (Lipinski definition) is 5. The molecule has 5 N–H and O–H groups in total. The standard InChI is InChI=1S/C13H16N2O6/c16-6-9(13(20)21)14-12(19)11(15-10(18)7-17)8-4-2-1-3-5-8/h1-5,9,11,16-17H,6-7H2,(H,14,19)(H,15,18)(H,20,21)/t9-,11+/m0/s1. The van der Waals surface area contributed by atoms with Crippen LogP contribution in [0.4, 0.5) is 0 Å². The van der Waals surface area contributed by atoms with Gasteiger partial charge in [-0.25, -0.2) is 4.79 Å². The molecule has 0 saturated carbocycles. The fourth-order valence-electron chi connectivity index (χ4n) is 1.59. The number of benzene rings is 1. The van der Waals surface area contributed by atoms with E-state index in [1.165, 1.54) is 0 Å². The van der Waals surface area contributed by atoms with Gasteiger partial charge in [0.15, 0.2) is 0 Å². The summed E-state index contributed by atoms with van der Waals surface area (Å²) in [5, 5.41) is 30.8. The number of rotatable bonds is 7. The molecule has 21 heavy (non-hydrogen) atoms. The third kappa shape index (κ3) is 4.86. The Morgan fingerprint density at radius 3 is 2.14 bits per heavy atom. The van der Waals surface area contributed by atoms with Gasteiger partial charge in [0, 0.05) is 0 Å². The molecule has 0 heterocycles. The highest BCUT2D eigenvalue weighted by Gasteiger charge is 2.27. The van der Waals surface area contributed by atoms with Gasteiger partial charge in [0.1, 0.15) is 18.7 Å². The lowest BCUT2D eigenvalue weighted by Crippen LogP contribution is -2.49. The van der Waals surface area contributed by atoms with Crippen LogP contribution in [0.5, 0.6) is 0 Å². The molecule has 8 nitrogen and oxygen atoms in total. The average Bonchev–Trinajstić information content (AvgIpc) is 2.50. The van der Waals surface area contributed by atoms with Crippen molar-refractivity contribution in [1.29, 1.82) is 0 Å². The van der Waals surface area contributed by atoms with Crippen LogP contribution in [0.1, 0.15) is 11.6 Å². The van der Waals surface area contributed by atoms with E-state index in [2.05, 4.69) is 10.6 Å². The van der Waals surface area contributed by atoms with Crippen LogP contribution in [0.15, 0.2) is 30.3 Å². The average molecular weight is 296 g/mol. The number of nitrogens with one attached hydrogen (secondary N) is 2. The summed E-state index contributed by atoms with van der Waals surface area (Å²) in [6.45, 7) is -1.59. The van der Waals surface area contributed by atoms with Crippen LogP contribution in [0.25, 0.3) is 0 Å². The Labute approximate surface area is 120 Å². The minimum atomic E-state index is -1.48. The number of carboxylic acid groups (broad SMARTS) is 1. The number of carboxylic acids is 1. The molecule has 0 radical (unpaired) electrons. The molecule has 0 aliphatic rings. The van der Waals surface area contributed by atoms with Gasteiger partial charge < -0.3 is 26.0 Å². The molecule has 1 aromatic carbocycles. The van der Waals surface area contributed by atoms with Gasteiger partial charge in [-0.2, -0.15) is 0 Å². The fraction of sp³-hybridized carbons (Fsp3) is 0.308. The van der Waals surface area contributed by atoms with Crippen LogP contribution < -0.4 is 10.6 Å². The second kappa shape index (κ2) is 7.98. The van der Waals surface area contributed by atoms with E-state index in [4.69, 9.17) is 15.3 Å². The van der Waals surface area contributed by atoms with E-state index in [1.807, 2.05) is 0 Å². The summed E-state index contributed by atoms with van der Waals surface area (Å²) in [5.41, 5.74) is 0.416. The molecular formula is C13H16N2O6. The molecule has 0 aliphatic heterocycles. The van der Waals surface area contributed by atoms with E-state index < -0.39 is 43.1 Å². The van der Waals surface area contributed by atoms with E-state index in [1.54, 1.807) is 30.3 Å². The molecule has 0 fully saturated rings. The van der Waals surface area contributed by atoms with E-state index in [-0.39, 0.29) is 0 Å². The second-order valence-corrected chi connectivity index (χ2v) is 4.15. The van der Waals surface area contributed by atoms with Gasteiger partial charge in [0.25, 0.3) is 0 Å². The molecule has 1 rings (SSSR count). The summed E-state index contributed by atoms with van der Waals surface area (Å²) in [4.78, 5) is 34.2. The van der Waals surface area contributed by atoms with Gasteiger partial charge in [-0.3, -0.25) is 9.59 Å². The minimum absolute atomic E-state index is 0.416. The molecular weight excluding hydrogens is 280 g/mol. The van der Waals surface area contributed by atoms with Crippen molar-refractivity contribution in [2.75, 3.05) is 13.2 Å². The Bertz CT molecular complexity index is 505. The smallest absolute Gasteiger partial charge is 0.328 e. The van der Waals surface area contributed by atoms with Crippen molar-refractivity contribution in [2.24, 2.45) is 0 Å². The highest BCUT2D eigenvalue weighted by Crippen LogP contribution is 2.13. The van der Waals surface area contributed by atoms with Gasteiger partial charge in [0.2, 0.25) is 11.8 Å². The van der Waals surface area contributed by atoms with Crippen molar-refractivity contribution in [2.45, 2.75) is 12.1 Å². The molecule has 0 saturated heterocycles. The summed E-state index contributed by atoms with van der Waals surface area (Å²) >= 11 is 0. The molecule has 1 aromatic rings. The number of amides is 2. The first-order valence-corrected chi connectivity index (χ1v) is 6.08. The van der Waals surface area contributed by atoms with E-state index in [0.29, 0.717) is 5.56 Å². The molecule has 114 valence electrons. The van der Waals surface area contributed by atoms with Crippen molar-refractivity contribution >= 4 is 17.8 Å². The topological polar surface area (TPSA) is 136 Å². The summed E-state index contributed by atoms with van der Waals surface area (Å²) in [5.74, 6) is -2.98. The van der Waals surface area contributed by atoms with Gasteiger partial charge in [-0.1, -0.05) is 30.3 Å². The number of aliphatic hydroxyl groups is 2. The Kier molecular flexibility index (Phi) is 6.31. The molecule has 8 heteroatoms. The number of aliphatic hydroxyl groups excluding tert-OH is 2.